The lowest BCUT2D eigenvalue weighted by Crippen LogP contribution is -2.23. The van der Waals surface area contributed by atoms with Crippen LogP contribution >= 0.6 is 0 Å². The zero-order valence-corrected chi connectivity index (χ0v) is 13.1. The van der Waals surface area contributed by atoms with E-state index in [4.69, 9.17) is 4.52 Å². The molecule has 0 aromatic carbocycles. The lowest BCUT2D eigenvalue weighted by Gasteiger charge is -2.19. The number of hydrogen-bond donors (Lipinski definition) is 0. The molecule has 2 rings (SSSR count). The van der Waals surface area contributed by atoms with Crippen molar-refractivity contribution in [3.05, 3.63) is 34.5 Å². The highest BCUT2D eigenvalue weighted by atomic mass is 16.5. The second-order valence-corrected chi connectivity index (χ2v) is 5.20. The van der Waals surface area contributed by atoms with Crippen LogP contribution in [0.15, 0.2) is 10.7 Å². The molecule has 0 fully saturated rings. The fourth-order valence-electron chi connectivity index (χ4n) is 2.35. The molecule has 0 spiro atoms. The van der Waals surface area contributed by atoms with Gasteiger partial charge in [0.15, 0.2) is 0 Å². The van der Waals surface area contributed by atoms with E-state index in [1.165, 1.54) is 11.1 Å². The van der Waals surface area contributed by atoms with Gasteiger partial charge in [0.1, 0.15) is 5.76 Å². The monoisotopic (exact) mass is 276 g/mol. The molecule has 0 atom stereocenters. The standard InChI is InChI=1S/C15H24N4O/c1-6-18(10-15-12(4)17-20-13(15)5)8-14-9-19(7-2)16-11(14)3/h9H,6-8,10H2,1-5H3. The van der Waals surface area contributed by atoms with E-state index >= 15 is 0 Å². The van der Waals surface area contributed by atoms with Gasteiger partial charge in [0.25, 0.3) is 0 Å². The van der Waals surface area contributed by atoms with Crippen LogP contribution in [0.4, 0.5) is 0 Å². The molecule has 110 valence electrons. The quantitative estimate of drug-likeness (QED) is 0.814. The van der Waals surface area contributed by atoms with Crippen LogP contribution < -0.4 is 0 Å². The maximum Gasteiger partial charge on any atom is 0.138 e. The molecule has 20 heavy (non-hydrogen) atoms. The Balaban J connectivity index is 2.11. The summed E-state index contributed by atoms with van der Waals surface area (Å²) in [6.07, 6.45) is 2.14. The third kappa shape index (κ3) is 3.10. The van der Waals surface area contributed by atoms with Gasteiger partial charge in [0.2, 0.25) is 0 Å². The van der Waals surface area contributed by atoms with Crippen molar-refractivity contribution in [2.45, 2.75) is 54.3 Å². The Labute approximate surface area is 120 Å². The van der Waals surface area contributed by atoms with E-state index in [0.29, 0.717) is 0 Å². The van der Waals surface area contributed by atoms with Crippen LogP contribution in [-0.2, 0) is 19.6 Å². The Morgan fingerprint density at radius 2 is 1.90 bits per heavy atom. The fraction of sp³-hybridized carbons (Fsp3) is 0.600. The van der Waals surface area contributed by atoms with Crippen molar-refractivity contribution < 1.29 is 4.52 Å². The van der Waals surface area contributed by atoms with E-state index < -0.39 is 0 Å². The van der Waals surface area contributed by atoms with Gasteiger partial charge in [-0.15, -0.1) is 0 Å². The summed E-state index contributed by atoms with van der Waals surface area (Å²) in [7, 11) is 0. The Morgan fingerprint density at radius 1 is 1.15 bits per heavy atom. The predicted octanol–water partition coefficient (Wildman–Crippen LogP) is 2.84. The zero-order chi connectivity index (χ0) is 14.7. The number of hydrogen-bond acceptors (Lipinski definition) is 4. The molecule has 0 N–H and O–H groups in total. The number of aromatic nitrogens is 3. The first kappa shape index (κ1) is 14.8. The van der Waals surface area contributed by atoms with E-state index in [9.17, 15) is 0 Å². The van der Waals surface area contributed by atoms with Crippen LogP contribution in [0.3, 0.4) is 0 Å². The predicted molar refractivity (Wildman–Crippen MR) is 78.4 cm³/mol. The van der Waals surface area contributed by atoms with Crippen LogP contribution in [0.2, 0.25) is 0 Å². The van der Waals surface area contributed by atoms with Crippen LogP contribution in [-0.4, -0.2) is 26.4 Å². The van der Waals surface area contributed by atoms with Gasteiger partial charge in [-0.3, -0.25) is 9.58 Å². The third-order valence-electron chi connectivity index (χ3n) is 3.78. The smallest absolute Gasteiger partial charge is 0.138 e. The highest BCUT2D eigenvalue weighted by Gasteiger charge is 2.15. The van der Waals surface area contributed by atoms with Crippen molar-refractivity contribution >= 4 is 0 Å². The molecule has 2 heterocycles. The SMILES string of the molecule is CCN(Cc1cn(CC)nc1C)Cc1c(C)noc1C. The summed E-state index contributed by atoms with van der Waals surface area (Å²) in [5, 5.41) is 8.54. The molecule has 0 bridgehead atoms. The van der Waals surface area contributed by atoms with Crippen LogP contribution in [0.5, 0.6) is 0 Å². The van der Waals surface area contributed by atoms with Crippen LogP contribution in [0.25, 0.3) is 0 Å². The molecule has 0 amide bonds. The van der Waals surface area contributed by atoms with E-state index in [1.54, 1.807) is 0 Å². The van der Waals surface area contributed by atoms with E-state index in [0.717, 1.165) is 43.3 Å². The zero-order valence-electron chi connectivity index (χ0n) is 13.1. The van der Waals surface area contributed by atoms with E-state index in [-0.39, 0.29) is 0 Å². The molecule has 2 aromatic rings. The molecule has 0 aliphatic heterocycles. The minimum absolute atomic E-state index is 0.869. The summed E-state index contributed by atoms with van der Waals surface area (Å²) >= 11 is 0. The summed E-state index contributed by atoms with van der Waals surface area (Å²) in [6, 6.07) is 0. The normalized spacial score (nSPS) is 11.5. The van der Waals surface area contributed by atoms with Gasteiger partial charge in [-0.2, -0.15) is 5.10 Å². The minimum Gasteiger partial charge on any atom is -0.361 e. The van der Waals surface area contributed by atoms with Crippen molar-refractivity contribution in [3.8, 4) is 0 Å². The Bertz CT molecular complexity index is 551. The summed E-state index contributed by atoms with van der Waals surface area (Å²) in [4.78, 5) is 2.39. The molecule has 5 nitrogen and oxygen atoms in total. The molecule has 0 aliphatic rings. The summed E-state index contributed by atoms with van der Waals surface area (Å²) in [6.45, 7) is 14.0. The third-order valence-corrected chi connectivity index (χ3v) is 3.78. The van der Waals surface area contributed by atoms with Gasteiger partial charge in [-0.05, 0) is 34.2 Å². The molecular weight excluding hydrogens is 252 g/mol. The first-order valence-electron chi connectivity index (χ1n) is 7.22. The maximum atomic E-state index is 5.24. The van der Waals surface area contributed by atoms with Gasteiger partial charge in [0, 0.05) is 37.0 Å². The number of nitrogens with zero attached hydrogens (tertiary/aromatic N) is 4. The van der Waals surface area contributed by atoms with E-state index in [2.05, 4.69) is 42.1 Å². The highest BCUT2D eigenvalue weighted by molar-refractivity contribution is 5.21. The van der Waals surface area contributed by atoms with Crippen molar-refractivity contribution in [3.63, 3.8) is 0 Å². The average molecular weight is 276 g/mol. The maximum absolute atomic E-state index is 5.24. The molecule has 0 radical (unpaired) electrons. The second kappa shape index (κ2) is 6.22. The number of rotatable bonds is 6. The summed E-state index contributed by atoms with van der Waals surface area (Å²) in [5.41, 5.74) is 4.60. The lowest BCUT2D eigenvalue weighted by atomic mass is 10.1. The van der Waals surface area contributed by atoms with Crippen molar-refractivity contribution in [1.29, 1.82) is 0 Å². The molecule has 2 aromatic heterocycles. The summed E-state index contributed by atoms with van der Waals surface area (Å²) in [5.74, 6) is 0.918. The first-order valence-corrected chi connectivity index (χ1v) is 7.22. The molecule has 0 saturated carbocycles. The summed E-state index contributed by atoms with van der Waals surface area (Å²) < 4.78 is 7.24. The Kier molecular flexibility index (Phi) is 4.60. The van der Waals surface area contributed by atoms with Gasteiger partial charge in [-0.1, -0.05) is 12.1 Å². The van der Waals surface area contributed by atoms with Crippen LogP contribution in [0.1, 0.15) is 42.1 Å². The Morgan fingerprint density at radius 3 is 2.40 bits per heavy atom. The molecule has 5 heteroatoms. The molecule has 0 saturated heterocycles. The minimum atomic E-state index is 0.869. The van der Waals surface area contributed by atoms with Gasteiger partial charge in [0.05, 0.1) is 11.4 Å². The van der Waals surface area contributed by atoms with Crippen LogP contribution in [0, 0.1) is 20.8 Å². The van der Waals surface area contributed by atoms with Crippen molar-refractivity contribution in [1.82, 2.24) is 19.8 Å². The molecule has 0 unspecified atom stereocenters. The molecular formula is C15H24N4O. The fourth-order valence-corrected chi connectivity index (χ4v) is 2.35. The van der Waals surface area contributed by atoms with Crippen molar-refractivity contribution in [2.24, 2.45) is 0 Å². The molecule has 0 aliphatic carbocycles. The highest BCUT2D eigenvalue weighted by Crippen LogP contribution is 2.17. The van der Waals surface area contributed by atoms with Gasteiger partial charge < -0.3 is 4.52 Å². The Hall–Kier alpha value is -1.62. The second-order valence-electron chi connectivity index (χ2n) is 5.20. The number of aryl methyl sites for hydroxylation is 4. The van der Waals surface area contributed by atoms with Gasteiger partial charge in [-0.25, -0.2) is 0 Å². The average Bonchev–Trinajstić information content (AvgIpc) is 2.94. The first-order chi connectivity index (χ1) is 9.55. The van der Waals surface area contributed by atoms with Crippen molar-refractivity contribution in [2.75, 3.05) is 6.54 Å². The van der Waals surface area contributed by atoms with E-state index in [1.807, 2.05) is 18.5 Å². The van der Waals surface area contributed by atoms with Gasteiger partial charge >= 0.3 is 0 Å². The largest absolute Gasteiger partial charge is 0.361 e. The lowest BCUT2D eigenvalue weighted by molar-refractivity contribution is 0.268. The topological polar surface area (TPSA) is 47.1 Å².